The minimum Gasteiger partial charge on any atom is -0.402 e. The average Bonchev–Trinajstić information content (AvgIpc) is 0.811. The van der Waals surface area contributed by atoms with E-state index in [0.29, 0.717) is 0 Å². The third kappa shape index (κ3) is 49.7. The van der Waals surface area contributed by atoms with Crippen molar-refractivity contribution in [2.45, 2.75) is 0 Å². The van der Waals surface area contributed by atoms with E-state index >= 15 is 0 Å². The van der Waals surface area contributed by atoms with Gasteiger partial charge >= 0.3 is 7.32 Å². The van der Waals surface area contributed by atoms with Gasteiger partial charge in [-0.2, -0.15) is 0 Å². The minimum atomic E-state index is -2.17. The Balaban J connectivity index is -0.0000000150. The van der Waals surface area contributed by atoms with Gasteiger partial charge in [0.25, 0.3) is 0 Å². The first kappa shape index (κ1) is 22.5. The van der Waals surface area contributed by atoms with E-state index in [1.165, 1.54) is 0 Å². The van der Waals surface area contributed by atoms with Crippen molar-refractivity contribution >= 4 is 96.0 Å². The van der Waals surface area contributed by atoms with Crippen LogP contribution in [0.2, 0.25) is 0 Å². The van der Waals surface area contributed by atoms with Crippen molar-refractivity contribution in [3.05, 3.63) is 0 Å². The summed E-state index contributed by atoms with van der Waals surface area (Å²) in [5.41, 5.74) is 0. The smallest absolute Gasteiger partial charge is 0.402 e. The van der Waals surface area contributed by atoms with Crippen LogP contribution in [-0.4, -0.2) is 111 Å². The van der Waals surface area contributed by atoms with Crippen LogP contribution in [0.25, 0.3) is 0 Å². The molecule has 7 heteroatoms. The maximum atomic E-state index is 7.17. The molecule has 0 saturated heterocycles. The van der Waals surface area contributed by atoms with E-state index in [2.05, 4.69) is 0 Å². The Hall–Kier alpha value is 2.94. The van der Waals surface area contributed by atoms with Gasteiger partial charge in [-0.25, -0.2) is 0 Å². The van der Waals surface area contributed by atoms with Crippen LogP contribution in [0.15, 0.2) is 0 Å². The second-order valence-corrected chi connectivity index (χ2v) is 0.346. The molecule has 0 saturated carbocycles. The molecule has 0 aromatic carbocycles. The molecule has 3 radical (unpaired) electrons. The van der Waals surface area contributed by atoms with Gasteiger partial charge in [0.1, 0.15) is 0 Å². The first-order valence-corrected chi connectivity index (χ1v) is 0.775. The second-order valence-electron chi connectivity index (χ2n) is 0.346. The Labute approximate surface area is 109 Å². The summed E-state index contributed by atoms with van der Waals surface area (Å²) in [4.78, 5) is 0. The summed E-state index contributed by atoms with van der Waals surface area (Å²) >= 11 is 0. The number of rotatable bonds is 0. The third-order valence-electron chi connectivity index (χ3n) is 0. The van der Waals surface area contributed by atoms with Crippen molar-refractivity contribution in [2.75, 3.05) is 0 Å². The monoisotopic (exact) mass is 131 g/mol. The summed E-state index contributed by atoms with van der Waals surface area (Å²) in [5, 5.41) is 21.5. The fraction of sp³-hybridized carbons (Fsp3) is 0. The minimum absolute atomic E-state index is 0. The molecule has 0 amide bonds. The summed E-state index contributed by atoms with van der Waals surface area (Å²) in [7, 11) is -2.17. The molecule has 3 N–H and O–H groups in total. The molecule has 0 unspecified atom stereocenters. The van der Waals surface area contributed by atoms with Crippen LogP contribution in [0.1, 0.15) is 0 Å². The van der Waals surface area contributed by atoms with Gasteiger partial charge in [0.15, 0.2) is 0 Å². The van der Waals surface area contributed by atoms with E-state index in [4.69, 9.17) is 15.1 Å². The van der Waals surface area contributed by atoms with Crippen molar-refractivity contribution < 1.29 is 15.1 Å². The van der Waals surface area contributed by atoms with Gasteiger partial charge in [-0.15, -0.1) is 0 Å². The van der Waals surface area contributed by atoms with Crippen molar-refractivity contribution in [3.63, 3.8) is 0 Å². The molecule has 27 valence electrons. The van der Waals surface area contributed by atoms with Gasteiger partial charge in [0.05, 0.1) is 0 Å². The molecule has 0 spiro atoms. The van der Waals surface area contributed by atoms with E-state index in [1.807, 2.05) is 0 Å². The van der Waals surface area contributed by atoms with Crippen molar-refractivity contribution in [3.8, 4) is 0 Å². The molecule has 3 nitrogen and oxygen atoms in total. The zero-order valence-corrected chi connectivity index (χ0v) is 10.9. The molecule has 7 heavy (non-hydrogen) atoms. The van der Waals surface area contributed by atoms with Crippen LogP contribution in [0.5, 0.6) is 0 Å². The third-order valence-corrected chi connectivity index (χ3v) is 0. The zero-order valence-electron chi connectivity index (χ0n) is 4.92. The Morgan fingerprint density at radius 2 is 0.714 bits per heavy atom. The number of hydrogen-bond donors (Lipinski definition) is 3. The van der Waals surface area contributed by atoms with Gasteiger partial charge in [-0.1, -0.05) is 0 Å². The van der Waals surface area contributed by atoms with Crippen molar-refractivity contribution in [1.82, 2.24) is 0 Å². The normalized spacial score (nSPS) is 3.86. The van der Waals surface area contributed by atoms with Gasteiger partial charge in [-0.3, -0.25) is 0 Å². The van der Waals surface area contributed by atoms with Gasteiger partial charge in [0.2, 0.25) is 0 Å². The molecule has 0 aliphatic carbocycles. The molecule has 0 aliphatic rings. The van der Waals surface area contributed by atoms with Gasteiger partial charge in [-0.05, 0) is 0 Å². The van der Waals surface area contributed by atoms with E-state index in [1.54, 1.807) is 0 Å². The Kier molecular flexibility index (Phi) is 51.4. The van der Waals surface area contributed by atoms with Crippen LogP contribution >= 0.6 is 0 Å². The molecule has 0 aromatic rings. The molecule has 0 fully saturated rings. The van der Waals surface area contributed by atoms with Crippen LogP contribution in [0.4, 0.5) is 0 Å². The van der Waals surface area contributed by atoms with Crippen LogP contribution in [-0.2, 0) is 0 Å². The standard InChI is InChI=1S/BH3O3.3Na/c2-1(3)4;;;/h2-4H;;;. The molecule has 0 rings (SSSR count). The summed E-state index contributed by atoms with van der Waals surface area (Å²) in [6, 6.07) is 0. The second kappa shape index (κ2) is 16.0. The predicted octanol–water partition coefficient (Wildman–Crippen LogP) is -3.19. The zero-order chi connectivity index (χ0) is 3.58. The molecule has 0 aliphatic heterocycles. The predicted molar refractivity (Wildman–Crippen MR) is 29.7 cm³/mol. The van der Waals surface area contributed by atoms with E-state index < -0.39 is 7.32 Å². The SMILES string of the molecule is OB(O)O.[Na].[Na].[Na]. The van der Waals surface area contributed by atoms with E-state index in [0.717, 1.165) is 0 Å². The van der Waals surface area contributed by atoms with Crippen LogP contribution < -0.4 is 0 Å². The molecular formula is H3BNa3O3. The molecule has 0 atom stereocenters. The molecular weight excluding hydrogens is 128 g/mol. The van der Waals surface area contributed by atoms with Crippen molar-refractivity contribution in [2.24, 2.45) is 0 Å². The molecule has 0 heterocycles. The molecule has 0 aromatic heterocycles. The maximum absolute atomic E-state index is 7.17. The fourth-order valence-electron chi connectivity index (χ4n) is 0. The average molecular weight is 131 g/mol. The summed E-state index contributed by atoms with van der Waals surface area (Å²) in [5.74, 6) is 0. The fourth-order valence-corrected chi connectivity index (χ4v) is 0. The van der Waals surface area contributed by atoms with E-state index in [-0.39, 0.29) is 88.7 Å². The van der Waals surface area contributed by atoms with Crippen LogP contribution in [0, 0.1) is 0 Å². The summed E-state index contributed by atoms with van der Waals surface area (Å²) in [6.45, 7) is 0. The number of hydrogen-bond acceptors (Lipinski definition) is 3. The maximum Gasteiger partial charge on any atom is 0.631 e. The Morgan fingerprint density at radius 3 is 0.714 bits per heavy atom. The van der Waals surface area contributed by atoms with Crippen LogP contribution in [0.3, 0.4) is 0 Å². The van der Waals surface area contributed by atoms with Gasteiger partial charge < -0.3 is 15.1 Å². The van der Waals surface area contributed by atoms with Crippen molar-refractivity contribution in [1.29, 1.82) is 0 Å². The quantitative estimate of drug-likeness (QED) is 0.303. The Bertz CT molecular complexity index is 14.9. The Morgan fingerprint density at radius 1 is 0.714 bits per heavy atom. The molecule has 0 bridgehead atoms. The summed E-state index contributed by atoms with van der Waals surface area (Å²) < 4.78 is 0. The van der Waals surface area contributed by atoms with E-state index in [9.17, 15) is 0 Å². The largest absolute Gasteiger partial charge is 0.631 e. The first-order chi connectivity index (χ1) is 1.73. The topological polar surface area (TPSA) is 60.7 Å². The first-order valence-electron chi connectivity index (χ1n) is 0.775. The summed E-state index contributed by atoms with van der Waals surface area (Å²) in [6.07, 6.45) is 0. The van der Waals surface area contributed by atoms with Gasteiger partial charge in [0, 0.05) is 88.7 Å².